The van der Waals surface area contributed by atoms with E-state index in [2.05, 4.69) is 41.6 Å². The van der Waals surface area contributed by atoms with Gasteiger partial charge in [-0.15, -0.1) is 5.10 Å². The minimum Gasteiger partial charge on any atom is -0.370 e. The van der Waals surface area contributed by atoms with Crippen LogP contribution in [0.1, 0.15) is 60.6 Å². The zero-order valence-corrected chi connectivity index (χ0v) is 33.1. The molecule has 4 rings (SSSR count). The first-order valence-electron chi connectivity index (χ1n) is 19.0. The number of benzene rings is 2. The summed E-state index contributed by atoms with van der Waals surface area (Å²) in [5.74, 6) is -3.11. The summed E-state index contributed by atoms with van der Waals surface area (Å²) in [5.41, 5.74) is 30.7. The topological polar surface area (TPSA) is 322 Å². The summed E-state index contributed by atoms with van der Waals surface area (Å²) in [4.78, 5) is 72.7. The SMILES string of the molecule is C[C@H](NC(=O)[C@@H](N)Cc1c[nH]c2ccccc12)C(=O)N[C@@H](CCCN=C(N)N)Cn1cc(C(=O)N[C@@H](Cc2ccc(Cl)cc2)C(=O)N[C@@H](CCCCN)C(N)=O)nn1. The first-order chi connectivity index (χ1) is 27.7. The van der Waals surface area contributed by atoms with E-state index in [1.807, 2.05) is 30.5 Å². The van der Waals surface area contributed by atoms with Crippen LogP contribution in [0.15, 0.2) is 65.9 Å². The van der Waals surface area contributed by atoms with Gasteiger partial charge in [-0.1, -0.05) is 47.1 Å². The molecule has 15 N–H and O–H groups in total. The molecule has 2 aromatic carbocycles. The standard InChI is InChI=1S/C38H53ClN14O5/c1-22(47-35(56)28(41)18-24-19-46-29-9-3-2-8-27(24)29)34(55)48-26(7-6-16-45-38(43)44)20-53-21-32(51-52-53)37(58)50-31(17-23-11-13-25(39)14-12-23)36(57)49-30(33(42)54)10-4-5-15-40/h2-3,8-9,11-14,19,21-22,26,28,30-31,46H,4-7,10,15-18,20,40-41H2,1H3,(H2,42,54)(H,47,56)(H,48,55)(H,49,57)(H,50,58)(H4,43,44,45)/t22-,26-,28-,30-,31-/m0/s1. The number of carbonyl (C=O) groups excluding carboxylic acids is 5. The van der Waals surface area contributed by atoms with Crippen LogP contribution in [0, 0.1) is 0 Å². The van der Waals surface area contributed by atoms with Crippen molar-refractivity contribution in [3.05, 3.63) is 82.8 Å². The number of guanidine groups is 1. The summed E-state index contributed by atoms with van der Waals surface area (Å²) in [5, 5.41) is 20.5. The van der Waals surface area contributed by atoms with Crippen molar-refractivity contribution < 1.29 is 24.0 Å². The number of unbranched alkanes of at least 4 members (excludes halogenated alkanes) is 1. The van der Waals surface area contributed by atoms with Crippen molar-refractivity contribution in [2.45, 2.75) is 88.6 Å². The first kappa shape index (κ1) is 44.7. The Labute approximate surface area is 340 Å². The van der Waals surface area contributed by atoms with E-state index in [0.717, 1.165) is 16.5 Å². The number of nitrogens with zero attached hydrogens (tertiary/aromatic N) is 4. The fourth-order valence-electron chi connectivity index (χ4n) is 6.16. The zero-order valence-electron chi connectivity index (χ0n) is 32.3. The van der Waals surface area contributed by atoms with Gasteiger partial charge in [-0.2, -0.15) is 0 Å². The highest BCUT2D eigenvalue weighted by atomic mass is 35.5. The highest BCUT2D eigenvalue weighted by Crippen LogP contribution is 2.19. The van der Waals surface area contributed by atoms with E-state index >= 15 is 0 Å². The predicted octanol–water partition coefficient (Wildman–Crippen LogP) is -0.534. The number of aromatic amines is 1. The molecule has 4 aromatic rings. The van der Waals surface area contributed by atoms with E-state index in [1.54, 1.807) is 31.2 Å². The summed E-state index contributed by atoms with van der Waals surface area (Å²) in [6.07, 6.45) is 5.84. The number of hydrogen-bond donors (Lipinski definition) is 10. The Morgan fingerprint density at radius 1 is 0.862 bits per heavy atom. The number of carbonyl (C=O) groups is 5. The molecule has 0 spiro atoms. The molecule has 0 aliphatic heterocycles. The first-order valence-corrected chi connectivity index (χ1v) is 19.3. The van der Waals surface area contributed by atoms with E-state index in [0.29, 0.717) is 42.8 Å². The smallest absolute Gasteiger partial charge is 0.274 e. The molecule has 0 unspecified atom stereocenters. The largest absolute Gasteiger partial charge is 0.370 e. The van der Waals surface area contributed by atoms with Crippen molar-refractivity contribution in [3.8, 4) is 0 Å². The number of fused-ring (bicyclic) bond motifs is 1. The number of nitrogens with one attached hydrogen (secondary N) is 5. The fourth-order valence-corrected chi connectivity index (χ4v) is 6.29. The van der Waals surface area contributed by atoms with Crippen molar-refractivity contribution >= 4 is 58.0 Å². The van der Waals surface area contributed by atoms with Gasteiger partial charge in [0.15, 0.2) is 11.7 Å². The van der Waals surface area contributed by atoms with Crippen LogP contribution in [-0.4, -0.2) is 98.8 Å². The van der Waals surface area contributed by atoms with Crippen LogP contribution in [-0.2, 0) is 38.6 Å². The van der Waals surface area contributed by atoms with Gasteiger partial charge in [0.1, 0.15) is 18.1 Å². The molecule has 20 heteroatoms. The number of aliphatic imine (C=N–C) groups is 1. The van der Waals surface area contributed by atoms with Crippen LogP contribution in [0.4, 0.5) is 0 Å². The molecule has 0 saturated carbocycles. The van der Waals surface area contributed by atoms with Gasteiger partial charge in [0.05, 0.1) is 18.8 Å². The second kappa shape index (κ2) is 22.0. The molecule has 0 aliphatic rings. The molecule has 5 amide bonds. The third kappa shape index (κ3) is 13.9. The van der Waals surface area contributed by atoms with E-state index in [1.165, 1.54) is 10.9 Å². The summed E-state index contributed by atoms with van der Waals surface area (Å²) >= 11 is 6.05. The van der Waals surface area contributed by atoms with Gasteiger partial charge in [0.2, 0.25) is 23.6 Å². The molecule has 19 nitrogen and oxygen atoms in total. The molecule has 2 heterocycles. The highest BCUT2D eigenvalue weighted by Gasteiger charge is 2.28. The Morgan fingerprint density at radius 3 is 2.31 bits per heavy atom. The minimum atomic E-state index is -1.13. The van der Waals surface area contributed by atoms with Crippen molar-refractivity contribution in [1.29, 1.82) is 0 Å². The molecule has 0 saturated heterocycles. The average Bonchev–Trinajstić information content (AvgIpc) is 3.83. The molecule has 5 atom stereocenters. The second-order valence-electron chi connectivity index (χ2n) is 14.0. The Bertz CT molecular complexity index is 2030. The number of nitrogens with two attached hydrogens (primary N) is 5. The lowest BCUT2D eigenvalue weighted by molar-refractivity contribution is -0.129. The number of halogens is 1. The number of H-pyrrole nitrogens is 1. The monoisotopic (exact) mass is 820 g/mol. The van der Waals surface area contributed by atoms with Gasteiger partial charge in [-0.25, -0.2) is 4.68 Å². The molecular weight excluding hydrogens is 768 g/mol. The predicted molar refractivity (Wildman–Crippen MR) is 220 cm³/mol. The van der Waals surface area contributed by atoms with Crippen molar-refractivity contribution in [2.75, 3.05) is 13.1 Å². The number of rotatable bonds is 23. The Balaban J connectivity index is 1.42. The molecule has 312 valence electrons. The van der Waals surface area contributed by atoms with Gasteiger partial charge < -0.3 is 54.9 Å². The summed E-state index contributed by atoms with van der Waals surface area (Å²) in [7, 11) is 0. The van der Waals surface area contributed by atoms with E-state index < -0.39 is 59.7 Å². The van der Waals surface area contributed by atoms with Crippen LogP contribution in [0.25, 0.3) is 10.9 Å². The van der Waals surface area contributed by atoms with Crippen LogP contribution >= 0.6 is 11.6 Å². The molecule has 0 radical (unpaired) electrons. The van der Waals surface area contributed by atoms with Gasteiger partial charge in [0.25, 0.3) is 5.91 Å². The Hall–Kier alpha value is -6.05. The number of para-hydroxylation sites is 1. The van der Waals surface area contributed by atoms with Gasteiger partial charge in [-0.05, 0) is 81.3 Å². The summed E-state index contributed by atoms with van der Waals surface area (Å²) < 4.78 is 1.37. The maximum Gasteiger partial charge on any atom is 0.274 e. The average molecular weight is 821 g/mol. The third-order valence-corrected chi connectivity index (χ3v) is 9.57. The maximum atomic E-state index is 13.5. The normalized spacial score (nSPS) is 13.7. The van der Waals surface area contributed by atoms with Crippen molar-refractivity contribution in [3.63, 3.8) is 0 Å². The summed E-state index contributed by atoms with van der Waals surface area (Å²) in [6.45, 7) is 2.32. The number of aromatic nitrogens is 4. The lowest BCUT2D eigenvalue weighted by atomic mass is 10.0. The number of amides is 5. The van der Waals surface area contributed by atoms with Gasteiger partial charge >= 0.3 is 0 Å². The molecule has 0 fully saturated rings. The van der Waals surface area contributed by atoms with Crippen molar-refractivity contribution in [2.24, 2.45) is 33.7 Å². The Morgan fingerprint density at radius 2 is 1.60 bits per heavy atom. The number of hydrogen-bond acceptors (Lipinski definition) is 10. The molecule has 0 aliphatic carbocycles. The summed E-state index contributed by atoms with van der Waals surface area (Å²) in [6, 6.07) is 9.88. The van der Waals surface area contributed by atoms with Crippen LogP contribution < -0.4 is 49.9 Å². The second-order valence-corrected chi connectivity index (χ2v) is 14.4. The van der Waals surface area contributed by atoms with Gasteiger partial charge in [-0.3, -0.25) is 29.0 Å². The number of primary amides is 1. The van der Waals surface area contributed by atoms with E-state index in [-0.39, 0.29) is 44.0 Å². The van der Waals surface area contributed by atoms with Crippen LogP contribution in [0.2, 0.25) is 5.02 Å². The lowest BCUT2D eigenvalue weighted by Gasteiger charge is -2.22. The van der Waals surface area contributed by atoms with E-state index in [4.69, 9.17) is 40.3 Å². The zero-order chi connectivity index (χ0) is 42.2. The highest BCUT2D eigenvalue weighted by molar-refractivity contribution is 6.30. The Kier molecular flexibility index (Phi) is 17.0. The fraction of sp³-hybridized carbons (Fsp3) is 0.421. The molecule has 0 bridgehead atoms. The van der Waals surface area contributed by atoms with Crippen LogP contribution in [0.3, 0.4) is 0 Å². The molecular formula is C38H53ClN14O5. The van der Waals surface area contributed by atoms with Crippen LogP contribution in [0.5, 0.6) is 0 Å². The van der Waals surface area contributed by atoms with Crippen molar-refractivity contribution in [1.82, 2.24) is 41.2 Å². The molecule has 58 heavy (non-hydrogen) atoms. The van der Waals surface area contributed by atoms with E-state index in [9.17, 15) is 24.0 Å². The molecule has 2 aromatic heterocycles. The lowest BCUT2D eigenvalue weighted by Crippen LogP contribution is -2.53. The maximum absolute atomic E-state index is 13.5. The quantitative estimate of drug-likeness (QED) is 0.0258. The van der Waals surface area contributed by atoms with Gasteiger partial charge in [0, 0.05) is 41.1 Å². The minimum absolute atomic E-state index is 0.0592. The third-order valence-electron chi connectivity index (χ3n) is 9.32.